The van der Waals surface area contributed by atoms with Gasteiger partial charge in [-0.2, -0.15) is 9.90 Å². The van der Waals surface area contributed by atoms with Gasteiger partial charge in [0.05, 0.1) is 0 Å². The van der Waals surface area contributed by atoms with Crippen LogP contribution in [0.4, 0.5) is 0 Å². The summed E-state index contributed by atoms with van der Waals surface area (Å²) >= 11 is 0. The second kappa shape index (κ2) is 88.0. The van der Waals surface area contributed by atoms with Crippen molar-refractivity contribution in [2.45, 2.75) is 0 Å². The van der Waals surface area contributed by atoms with E-state index in [1.54, 1.807) is 15.1 Å². The summed E-state index contributed by atoms with van der Waals surface area (Å²) in [5, 5.41) is 52.5. The minimum atomic E-state index is 0. The van der Waals surface area contributed by atoms with Crippen LogP contribution in [-0.4, -0.2) is 34.7 Å². The van der Waals surface area contributed by atoms with E-state index in [-0.39, 0.29) is 44.6 Å². The maximum atomic E-state index is 7.88. The van der Waals surface area contributed by atoms with E-state index in [1.807, 2.05) is 0 Å². The van der Waals surface area contributed by atoms with Crippen molar-refractivity contribution in [3.63, 3.8) is 0 Å². The van der Waals surface area contributed by atoms with Gasteiger partial charge >= 0.3 is 34.7 Å². The first-order valence-electron chi connectivity index (χ1n) is 1.00. The van der Waals surface area contributed by atoms with Crippen LogP contribution in [0.3, 0.4) is 0 Å². The molecule has 0 aliphatic heterocycles. The van der Waals surface area contributed by atoms with Gasteiger partial charge in [-0.25, -0.2) is 0 Å². The Morgan fingerprint density at radius 1 is 0.500 bits per heavy atom. The Balaban J connectivity index is -0.00000001000. The van der Waals surface area contributed by atoms with Crippen LogP contribution in [0.15, 0.2) is 0 Å². The van der Waals surface area contributed by atoms with E-state index in [0.717, 1.165) is 0 Å². The molecule has 68 valence electrons. The Morgan fingerprint density at radius 3 is 0.500 bits per heavy atom. The Labute approximate surface area is 91.6 Å². The summed E-state index contributed by atoms with van der Waals surface area (Å²) < 4.78 is 0. The third kappa shape index (κ3) is 888. The van der Waals surface area contributed by atoms with Crippen LogP contribution in [0.5, 0.6) is 0 Å². The summed E-state index contributed by atoms with van der Waals surface area (Å²) in [7, 11) is 0. The Morgan fingerprint density at radius 2 is 0.500 bits per heavy atom. The van der Waals surface area contributed by atoms with E-state index in [4.69, 9.17) is 31.5 Å². The van der Waals surface area contributed by atoms with Gasteiger partial charge in [0.1, 0.15) is 0 Å². The topological polar surface area (TPSA) is 166 Å². The normalized spacial score (nSPS) is 4.50. The predicted molar refractivity (Wildman–Crippen MR) is 25.9 cm³/mol. The molecule has 0 aliphatic rings. The van der Waals surface area contributed by atoms with Gasteiger partial charge in [0.15, 0.2) is 0 Å². The summed E-state index contributed by atoms with van der Waals surface area (Å²) in [6.07, 6.45) is 0. The Kier molecular flexibility index (Phi) is 279. The van der Waals surface area contributed by atoms with Crippen molar-refractivity contribution in [2.24, 2.45) is 0 Å². The monoisotopic (exact) mass is 232 g/mol. The molecule has 0 rings (SSSR count). The predicted octanol–water partition coefficient (Wildman–Crippen LogP) is -8.04. The number of hydrogen-bond acceptors (Lipinski definition) is 9. The SMILES string of the molecule is P.[Al+3].[Al+3].[O-]O[O-].[O-]O[O-].[O-]O[O-]. The van der Waals surface area contributed by atoms with Gasteiger partial charge in [0.2, 0.25) is 0 Å². The minimum absolute atomic E-state index is 0. The molecule has 0 fully saturated rings. The molecule has 0 bridgehead atoms. The molecular formula is H3Al2O9P. The summed E-state index contributed by atoms with van der Waals surface area (Å²) in [6, 6.07) is 0. The van der Waals surface area contributed by atoms with Crippen molar-refractivity contribution >= 4 is 44.6 Å². The van der Waals surface area contributed by atoms with Gasteiger partial charge in [-0.3, -0.25) is 0 Å². The van der Waals surface area contributed by atoms with Gasteiger partial charge in [-0.1, -0.05) is 0 Å². The Bertz CT molecular complexity index is 17.2. The van der Waals surface area contributed by atoms with Crippen molar-refractivity contribution in [1.82, 2.24) is 0 Å². The van der Waals surface area contributed by atoms with Gasteiger partial charge in [0.25, 0.3) is 0 Å². The van der Waals surface area contributed by atoms with E-state index in [2.05, 4.69) is 0 Å². The summed E-state index contributed by atoms with van der Waals surface area (Å²) in [5.41, 5.74) is 0. The molecule has 0 heterocycles. The molecule has 0 radical (unpaired) electrons. The molecule has 0 saturated heterocycles. The average Bonchev–Trinajstić information content (AvgIpc) is 1.70. The number of rotatable bonds is 0. The molecule has 0 aromatic rings. The molecule has 0 aliphatic carbocycles. The molecule has 0 spiro atoms. The van der Waals surface area contributed by atoms with Gasteiger partial charge in [0, 0.05) is 0 Å². The van der Waals surface area contributed by atoms with Crippen molar-refractivity contribution in [1.29, 1.82) is 0 Å². The standard InChI is InChI=1S/2Al.3H2O3.H3P/c;;3*1-3-2;/h;;3*1-2H;1H3/q2*+3;;;;/p-6. The van der Waals surface area contributed by atoms with Crippen LogP contribution >= 0.6 is 9.90 Å². The van der Waals surface area contributed by atoms with E-state index in [0.29, 0.717) is 0 Å². The second-order valence-electron chi connectivity index (χ2n) is 0.204. The molecule has 0 aromatic heterocycles. The fraction of sp³-hybridized carbons (Fsp3) is 0. The van der Waals surface area contributed by atoms with Crippen LogP contribution in [0.25, 0.3) is 0 Å². The molecule has 0 amide bonds. The molecular weight excluding hydrogens is 229 g/mol. The molecule has 12 heavy (non-hydrogen) atoms. The van der Waals surface area contributed by atoms with Crippen LogP contribution in [0, 0.1) is 0 Å². The summed E-state index contributed by atoms with van der Waals surface area (Å²) in [6.45, 7) is 0. The summed E-state index contributed by atoms with van der Waals surface area (Å²) in [5.74, 6) is 0. The molecule has 9 nitrogen and oxygen atoms in total. The molecule has 0 aromatic carbocycles. The Hall–Kier alpha value is 1.13. The van der Waals surface area contributed by atoms with Crippen LogP contribution < -0.4 is 31.5 Å². The zero-order valence-corrected chi connectivity index (χ0v) is 9.26. The fourth-order valence-electron chi connectivity index (χ4n) is 0. The molecule has 1 atom stereocenters. The zero-order chi connectivity index (χ0) is 8.12. The van der Waals surface area contributed by atoms with Crippen molar-refractivity contribution < 1.29 is 46.7 Å². The number of hydrogen-bond donors (Lipinski definition) is 0. The van der Waals surface area contributed by atoms with Crippen LogP contribution in [-0.2, 0) is 15.1 Å². The summed E-state index contributed by atoms with van der Waals surface area (Å²) in [4.78, 5) is 0. The largest absolute Gasteiger partial charge is 3.00 e. The maximum Gasteiger partial charge on any atom is 3.00 e. The van der Waals surface area contributed by atoms with Crippen LogP contribution in [0.2, 0.25) is 0 Å². The van der Waals surface area contributed by atoms with Crippen molar-refractivity contribution in [3.05, 3.63) is 0 Å². The third-order valence-electron chi connectivity index (χ3n) is 0. The fourth-order valence-corrected chi connectivity index (χ4v) is 0. The minimum Gasteiger partial charge on any atom is -0.734 e. The van der Waals surface area contributed by atoms with Gasteiger partial charge in [-0.05, 0) is 0 Å². The van der Waals surface area contributed by atoms with Gasteiger partial charge < -0.3 is 46.7 Å². The van der Waals surface area contributed by atoms with E-state index >= 15 is 0 Å². The van der Waals surface area contributed by atoms with E-state index in [1.165, 1.54) is 0 Å². The quantitative estimate of drug-likeness (QED) is 0.170. The molecule has 0 saturated carbocycles. The zero-order valence-electron chi connectivity index (χ0n) is 5.54. The molecule has 12 heteroatoms. The maximum absolute atomic E-state index is 7.88. The van der Waals surface area contributed by atoms with Crippen molar-refractivity contribution in [3.8, 4) is 0 Å². The first-order valence-corrected chi connectivity index (χ1v) is 1.00. The first-order chi connectivity index (χ1) is 4.24. The average molecular weight is 232 g/mol. The molecule has 0 N–H and O–H groups in total. The van der Waals surface area contributed by atoms with Crippen molar-refractivity contribution in [2.75, 3.05) is 0 Å². The van der Waals surface area contributed by atoms with Gasteiger partial charge in [-0.15, -0.1) is 0 Å². The first kappa shape index (κ1) is 38.0. The van der Waals surface area contributed by atoms with E-state index in [9.17, 15) is 0 Å². The second-order valence-corrected chi connectivity index (χ2v) is 0.204. The van der Waals surface area contributed by atoms with E-state index < -0.39 is 0 Å². The smallest absolute Gasteiger partial charge is 0.734 e. The van der Waals surface area contributed by atoms with Crippen LogP contribution in [0.1, 0.15) is 0 Å². The molecule has 1 unspecified atom stereocenters. The third-order valence-corrected chi connectivity index (χ3v) is 0.